The van der Waals surface area contributed by atoms with Crippen LogP contribution in [0.5, 0.6) is 11.5 Å². The van der Waals surface area contributed by atoms with Crippen LogP contribution in [0.1, 0.15) is 39.2 Å². The molecule has 0 radical (unpaired) electrons. The second-order valence-corrected chi connectivity index (χ2v) is 5.23. The van der Waals surface area contributed by atoms with E-state index in [1.54, 1.807) is 7.11 Å². The van der Waals surface area contributed by atoms with Gasteiger partial charge in [0.1, 0.15) is 0 Å². The van der Waals surface area contributed by atoms with E-state index in [0.29, 0.717) is 13.1 Å². The molecule has 0 amide bonds. The summed E-state index contributed by atoms with van der Waals surface area (Å²) in [4.78, 5) is 0. The predicted molar refractivity (Wildman–Crippen MR) is 81.4 cm³/mol. The molecule has 114 valence electrons. The van der Waals surface area contributed by atoms with Crippen molar-refractivity contribution in [2.24, 2.45) is 0 Å². The molecule has 0 aliphatic heterocycles. The highest BCUT2D eigenvalue weighted by molar-refractivity contribution is 5.43. The SMILES string of the molecule is CCCC(O)CNCc1ccc(OC(C)C)c(OC)c1. The number of aliphatic hydroxyl groups excluding tert-OH is 1. The van der Waals surface area contributed by atoms with Crippen LogP contribution in [0.4, 0.5) is 0 Å². The monoisotopic (exact) mass is 281 g/mol. The Morgan fingerprint density at radius 3 is 2.60 bits per heavy atom. The van der Waals surface area contributed by atoms with Gasteiger partial charge in [-0.25, -0.2) is 0 Å². The topological polar surface area (TPSA) is 50.7 Å². The Kier molecular flexibility index (Phi) is 7.41. The maximum absolute atomic E-state index is 9.66. The molecule has 1 aromatic carbocycles. The molecule has 0 aromatic heterocycles. The van der Waals surface area contributed by atoms with Crippen LogP contribution in [0.3, 0.4) is 0 Å². The van der Waals surface area contributed by atoms with Gasteiger partial charge < -0.3 is 19.9 Å². The maximum Gasteiger partial charge on any atom is 0.161 e. The predicted octanol–water partition coefficient (Wildman–Crippen LogP) is 2.73. The first-order valence-corrected chi connectivity index (χ1v) is 7.29. The number of hydrogen-bond acceptors (Lipinski definition) is 4. The first-order chi connectivity index (χ1) is 9.56. The minimum atomic E-state index is -0.273. The van der Waals surface area contributed by atoms with Crippen molar-refractivity contribution in [2.75, 3.05) is 13.7 Å². The van der Waals surface area contributed by atoms with Crippen LogP contribution in [0.2, 0.25) is 0 Å². The Hall–Kier alpha value is -1.26. The van der Waals surface area contributed by atoms with Crippen molar-refractivity contribution in [1.29, 1.82) is 0 Å². The zero-order valence-electron chi connectivity index (χ0n) is 13.0. The lowest BCUT2D eigenvalue weighted by molar-refractivity contribution is 0.160. The lowest BCUT2D eigenvalue weighted by atomic mass is 10.2. The van der Waals surface area contributed by atoms with Crippen molar-refractivity contribution in [3.63, 3.8) is 0 Å². The van der Waals surface area contributed by atoms with Crippen LogP contribution in [0.15, 0.2) is 18.2 Å². The molecule has 1 unspecified atom stereocenters. The summed E-state index contributed by atoms with van der Waals surface area (Å²) in [6.07, 6.45) is 1.68. The van der Waals surface area contributed by atoms with E-state index >= 15 is 0 Å². The fraction of sp³-hybridized carbons (Fsp3) is 0.625. The summed E-state index contributed by atoms with van der Waals surface area (Å²) in [7, 11) is 1.64. The quantitative estimate of drug-likeness (QED) is 0.731. The number of methoxy groups -OCH3 is 1. The van der Waals surface area contributed by atoms with Gasteiger partial charge in [-0.15, -0.1) is 0 Å². The normalized spacial score (nSPS) is 12.5. The number of aliphatic hydroxyl groups is 1. The van der Waals surface area contributed by atoms with E-state index in [2.05, 4.69) is 12.2 Å². The van der Waals surface area contributed by atoms with Gasteiger partial charge in [0, 0.05) is 13.1 Å². The van der Waals surface area contributed by atoms with Crippen molar-refractivity contribution >= 4 is 0 Å². The van der Waals surface area contributed by atoms with Crippen LogP contribution in [0.25, 0.3) is 0 Å². The average molecular weight is 281 g/mol. The lowest BCUT2D eigenvalue weighted by Gasteiger charge is -2.15. The Bertz CT molecular complexity index is 393. The zero-order valence-corrected chi connectivity index (χ0v) is 13.0. The van der Waals surface area contributed by atoms with Crippen LogP contribution in [-0.4, -0.2) is 31.0 Å². The molecule has 0 aliphatic rings. The number of hydrogen-bond donors (Lipinski definition) is 2. The van der Waals surface area contributed by atoms with Gasteiger partial charge in [-0.2, -0.15) is 0 Å². The van der Waals surface area contributed by atoms with Crippen LogP contribution >= 0.6 is 0 Å². The molecule has 2 N–H and O–H groups in total. The average Bonchev–Trinajstić information content (AvgIpc) is 2.40. The highest BCUT2D eigenvalue weighted by Crippen LogP contribution is 2.28. The number of benzene rings is 1. The van der Waals surface area contributed by atoms with E-state index in [1.807, 2.05) is 32.0 Å². The molecule has 1 rings (SSSR count). The van der Waals surface area contributed by atoms with E-state index in [0.717, 1.165) is 29.9 Å². The summed E-state index contributed by atoms with van der Waals surface area (Å²) in [6.45, 7) is 7.37. The smallest absolute Gasteiger partial charge is 0.161 e. The van der Waals surface area contributed by atoms with Gasteiger partial charge in [0.2, 0.25) is 0 Å². The van der Waals surface area contributed by atoms with Gasteiger partial charge in [-0.3, -0.25) is 0 Å². The zero-order chi connectivity index (χ0) is 15.0. The first-order valence-electron chi connectivity index (χ1n) is 7.29. The van der Waals surface area contributed by atoms with E-state index in [1.165, 1.54) is 0 Å². The van der Waals surface area contributed by atoms with Crippen molar-refractivity contribution < 1.29 is 14.6 Å². The standard InChI is InChI=1S/C16H27NO3/c1-5-6-14(18)11-17-10-13-7-8-15(20-12(2)3)16(9-13)19-4/h7-9,12,14,17-18H,5-6,10-11H2,1-4H3. The maximum atomic E-state index is 9.66. The molecule has 0 bridgehead atoms. The van der Waals surface area contributed by atoms with Crippen molar-refractivity contribution in [3.05, 3.63) is 23.8 Å². The van der Waals surface area contributed by atoms with Crippen LogP contribution < -0.4 is 14.8 Å². The van der Waals surface area contributed by atoms with Crippen molar-refractivity contribution in [2.45, 2.75) is 52.4 Å². The molecule has 4 nitrogen and oxygen atoms in total. The summed E-state index contributed by atoms with van der Waals surface area (Å²) >= 11 is 0. The second kappa shape index (κ2) is 8.82. The minimum Gasteiger partial charge on any atom is -0.493 e. The molecule has 0 fully saturated rings. The molecular formula is C16H27NO3. The van der Waals surface area contributed by atoms with Gasteiger partial charge in [0.15, 0.2) is 11.5 Å². The molecule has 0 spiro atoms. The molecule has 1 atom stereocenters. The number of rotatable bonds is 9. The Morgan fingerprint density at radius 1 is 1.25 bits per heavy atom. The number of nitrogens with one attached hydrogen (secondary N) is 1. The molecule has 20 heavy (non-hydrogen) atoms. The summed E-state index contributed by atoms with van der Waals surface area (Å²) in [5, 5.41) is 12.9. The van der Waals surface area contributed by atoms with Crippen LogP contribution in [0, 0.1) is 0 Å². The second-order valence-electron chi connectivity index (χ2n) is 5.23. The van der Waals surface area contributed by atoms with E-state index in [-0.39, 0.29) is 12.2 Å². The summed E-state index contributed by atoms with van der Waals surface area (Å²) in [6, 6.07) is 5.91. The molecule has 0 heterocycles. The van der Waals surface area contributed by atoms with Crippen molar-refractivity contribution in [1.82, 2.24) is 5.32 Å². The van der Waals surface area contributed by atoms with E-state index < -0.39 is 0 Å². The van der Waals surface area contributed by atoms with E-state index in [4.69, 9.17) is 9.47 Å². The van der Waals surface area contributed by atoms with Gasteiger partial charge in [-0.05, 0) is 38.0 Å². The minimum absolute atomic E-state index is 0.122. The highest BCUT2D eigenvalue weighted by Gasteiger charge is 2.08. The summed E-state index contributed by atoms with van der Waals surface area (Å²) < 4.78 is 11.0. The van der Waals surface area contributed by atoms with Gasteiger partial charge in [0.25, 0.3) is 0 Å². The van der Waals surface area contributed by atoms with Gasteiger partial charge in [0.05, 0.1) is 19.3 Å². The lowest BCUT2D eigenvalue weighted by Crippen LogP contribution is -2.26. The fourth-order valence-corrected chi connectivity index (χ4v) is 1.99. The third-order valence-corrected chi connectivity index (χ3v) is 2.92. The molecule has 0 saturated heterocycles. The summed E-state index contributed by atoms with van der Waals surface area (Å²) in [5.41, 5.74) is 1.11. The Labute approximate surface area is 122 Å². The molecule has 0 saturated carbocycles. The van der Waals surface area contributed by atoms with Gasteiger partial charge in [-0.1, -0.05) is 19.4 Å². The van der Waals surface area contributed by atoms with E-state index in [9.17, 15) is 5.11 Å². The third kappa shape index (κ3) is 5.80. The Morgan fingerprint density at radius 2 is 2.00 bits per heavy atom. The van der Waals surface area contributed by atoms with Crippen molar-refractivity contribution in [3.8, 4) is 11.5 Å². The molecule has 1 aromatic rings. The number of ether oxygens (including phenoxy) is 2. The largest absolute Gasteiger partial charge is 0.493 e. The third-order valence-electron chi connectivity index (χ3n) is 2.92. The van der Waals surface area contributed by atoms with Gasteiger partial charge >= 0.3 is 0 Å². The summed E-state index contributed by atoms with van der Waals surface area (Å²) in [5.74, 6) is 1.50. The molecular weight excluding hydrogens is 254 g/mol. The first kappa shape index (κ1) is 16.8. The Balaban J connectivity index is 2.55. The molecule has 0 aliphatic carbocycles. The molecule has 4 heteroatoms. The highest BCUT2D eigenvalue weighted by atomic mass is 16.5. The van der Waals surface area contributed by atoms with Crippen LogP contribution in [-0.2, 0) is 6.54 Å². The fourth-order valence-electron chi connectivity index (χ4n) is 1.99.